The second-order valence-electron chi connectivity index (χ2n) is 4.91. The highest BCUT2D eigenvalue weighted by Crippen LogP contribution is 2.08. The second kappa shape index (κ2) is 15.7. The van der Waals surface area contributed by atoms with E-state index in [2.05, 4.69) is 6.92 Å². The lowest BCUT2D eigenvalue weighted by Gasteiger charge is -2.05. The number of carbonyl (C=O) groups excluding carboxylic acids is 2. The maximum atomic E-state index is 11.5. The van der Waals surface area contributed by atoms with Gasteiger partial charge in [0.25, 0.3) is 0 Å². The average molecular weight is 318 g/mol. The van der Waals surface area contributed by atoms with Crippen LogP contribution in [0, 0.1) is 0 Å². The molecule has 0 radical (unpaired) electrons. The Morgan fingerprint density at radius 2 is 1.38 bits per heavy atom. The minimum absolute atomic E-state index is 0.132. The fourth-order valence-electron chi connectivity index (χ4n) is 1.79. The molecule has 0 atom stereocenters. The summed E-state index contributed by atoms with van der Waals surface area (Å²) in [6.45, 7) is 4.96. The summed E-state index contributed by atoms with van der Waals surface area (Å²) in [4.78, 5) is 22.5. The highest BCUT2D eigenvalue weighted by molar-refractivity contribution is 7.99. The van der Waals surface area contributed by atoms with Gasteiger partial charge in [0.2, 0.25) is 0 Å². The van der Waals surface area contributed by atoms with Gasteiger partial charge in [0.05, 0.1) is 26.1 Å². The number of hydrogen-bond acceptors (Lipinski definition) is 5. The molecule has 0 saturated heterocycles. The number of carbonyl (C=O) groups is 2. The lowest BCUT2D eigenvalue weighted by atomic mass is 10.1. The Bertz CT molecular complexity index is 269. The maximum Gasteiger partial charge on any atom is 0.306 e. The second-order valence-corrected chi connectivity index (χ2v) is 6.13. The van der Waals surface area contributed by atoms with Gasteiger partial charge in [-0.1, -0.05) is 39.0 Å². The highest BCUT2D eigenvalue weighted by atomic mass is 32.2. The molecule has 0 aromatic heterocycles. The standard InChI is InChI=1S/C16H30O4S/c1-3-5-6-7-8-9-12-20-16(18)11-14-21-13-10-15(17)19-4-2/h3-14H2,1-2H3. The van der Waals surface area contributed by atoms with E-state index in [1.54, 1.807) is 18.7 Å². The van der Waals surface area contributed by atoms with E-state index in [1.165, 1.54) is 25.7 Å². The van der Waals surface area contributed by atoms with Crippen molar-refractivity contribution in [2.24, 2.45) is 0 Å². The van der Waals surface area contributed by atoms with E-state index >= 15 is 0 Å². The smallest absolute Gasteiger partial charge is 0.306 e. The minimum atomic E-state index is -0.171. The summed E-state index contributed by atoms with van der Waals surface area (Å²) < 4.78 is 10.00. The zero-order chi connectivity index (χ0) is 15.8. The average Bonchev–Trinajstić information content (AvgIpc) is 2.46. The first-order chi connectivity index (χ1) is 10.2. The molecular formula is C16H30O4S. The summed E-state index contributed by atoms with van der Waals surface area (Å²) >= 11 is 1.59. The molecule has 21 heavy (non-hydrogen) atoms. The Balaban J connectivity index is 3.25. The predicted octanol–water partition coefficient (Wildman–Crippen LogP) is 3.97. The Kier molecular flexibility index (Phi) is 15.1. The lowest BCUT2D eigenvalue weighted by molar-refractivity contribution is -0.143. The summed E-state index contributed by atoms with van der Waals surface area (Å²) in [5, 5.41) is 0. The largest absolute Gasteiger partial charge is 0.466 e. The number of esters is 2. The maximum absolute atomic E-state index is 11.5. The van der Waals surface area contributed by atoms with Gasteiger partial charge >= 0.3 is 11.9 Å². The van der Waals surface area contributed by atoms with Crippen LogP contribution in [0.2, 0.25) is 0 Å². The first kappa shape index (κ1) is 20.3. The number of hydrogen-bond donors (Lipinski definition) is 0. The third kappa shape index (κ3) is 15.5. The fraction of sp³-hybridized carbons (Fsp3) is 0.875. The van der Waals surface area contributed by atoms with Gasteiger partial charge in [0.15, 0.2) is 0 Å². The van der Waals surface area contributed by atoms with Gasteiger partial charge < -0.3 is 9.47 Å². The molecule has 0 aromatic rings. The highest BCUT2D eigenvalue weighted by Gasteiger charge is 2.04. The van der Waals surface area contributed by atoms with Crippen molar-refractivity contribution in [2.75, 3.05) is 24.7 Å². The van der Waals surface area contributed by atoms with Crippen LogP contribution in [0.15, 0.2) is 0 Å². The summed E-state index contributed by atoms with van der Waals surface area (Å²) in [6.07, 6.45) is 7.99. The summed E-state index contributed by atoms with van der Waals surface area (Å²) in [7, 11) is 0. The number of thioether (sulfide) groups is 1. The topological polar surface area (TPSA) is 52.6 Å². The summed E-state index contributed by atoms with van der Waals surface area (Å²) in [5.74, 6) is 1.10. The van der Waals surface area contributed by atoms with Gasteiger partial charge in [-0.25, -0.2) is 0 Å². The van der Waals surface area contributed by atoms with E-state index in [0.717, 1.165) is 12.8 Å². The first-order valence-electron chi connectivity index (χ1n) is 8.09. The lowest BCUT2D eigenvalue weighted by Crippen LogP contribution is -2.08. The van der Waals surface area contributed by atoms with Gasteiger partial charge in [0.1, 0.15) is 0 Å². The normalized spacial score (nSPS) is 10.4. The molecule has 5 heteroatoms. The van der Waals surface area contributed by atoms with Crippen LogP contribution < -0.4 is 0 Å². The molecule has 0 aliphatic rings. The number of unbranched alkanes of at least 4 members (excludes halogenated alkanes) is 5. The first-order valence-corrected chi connectivity index (χ1v) is 9.25. The van der Waals surface area contributed by atoms with Crippen LogP contribution in [0.3, 0.4) is 0 Å². The van der Waals surface area contributed by atoms with E-state index in [4.69, 9.17) is 9.47 Å². The molecule has 4 nitrogen and oxygen atoms in total. The summed E-state index contributed by atoms with van der Waals surface area (Å²) in [6, 6.07) is 0. The molecule has 0 unspecified atom stereocenters. The molecular weight excluding hydrogens is 288 g/mol. The van der Waals surface area contributed by atoms with E-state index in [0.29, 0.717) is 37.6 Å². The molecule has 0 amide bonds. The minimum Gasteiger partial charge on any atom is -0.466 e. The molecule has 0 N–H and O–H groups in total. The van der Waals surface area contributed by atoms with Crippen LogP contribution >= 0.6 is 11.8 Å². The van der Waals surface area contributed by atoms with E-state index < -0.39 is 0 Å². The van der Waals surface area contributed by atoms with Gasteiger partial charge in [0, 0.05) is 11.5 Å². The van der Waals surface area contributed by atoms with Gasteiger partial charge in [-0.15, -0.1) is 0 Å². The Morgan fingerprint density at radius 1 is 0.810 bits per heavy atom. The van der Waals surface area contributed by atoms with Gasteiger partial charge in [-0.3, -0.25) is 9.59 Å². The van der Waals surface area contributed by atoms with Crippen LogP contribution in [0.4, 0.5) is 0 Å². The van der Waals surface area contributed by atoms with Crippen LogP contribution in [-0.2, 0) is 19.1 Å². The number of rotatable bonds is 14. The molecule has 0 aliphatic heterocycles. The van der Waals surface area contributed by atoms with E-state index in [9.17, 15) is 9.59 Å². The zero-order valence-electron chi connectivity index (χ0n) is 13.5. The fourth-order valence-corrected chi connectivity index (χ4v) is 2.61. The van der Waals surface area contributed by atoms with Crippen molar-refractivity contribution >= 4 is 23.7 Å². The van der Waals surface area contributed by atoms with Crippen molar-refractivity contribution in [1.82, 2.24) is 0 Å². The predicted molar refractivity (Wildman–Crippen MR) is 87.5 cm³/mol. The third-order valence-electron chi connectivity index (χ3n) is 2.97. The van der Waals surface area contributed by atoms with Crippen molar-refractivity contribution in [3.63, 3.8) is 0 Å². The van der Waals surface area contributed by atoms with Crippen LogP contribution in [0.5, 0.6) is 0 Å². The van der Waals surface area contributed by atoms with Crippen molar-refractivity contribution < 1.29 is 19.1 Å². The van der Waals surface area contributed by atoms with Crippen molar-refractivity contribution in [3.05, 3.63) is 0 Å². The van der Waals surface area contributed by atoms with E-state index in [1.807, 2.05) is 0 Å². The molecule has 0 spiro atoms. The molecule has 0 rings (SSSR count). The third-order valence-corrected chi connectivity index (χ3v) is 3.95. The Labute approximate surface area is 133 Å². The van der Waals surface area contributed by atoms with Gasteiger partial charge in [-0.05, 0) is 13.3 Å². The SMILES string of the molecule is CCCCCCCCOC(=O)CCSCCC(=O)OCC. The van der Waals surface area contributed by atoms with Crippen molar-refractivity contribution in [2.45, 2.75) is 65.2 Å². The van der Waals surface area contributed by atoms with Crippen LogP contribution in [0.1, 0.15) is 65.2 Å². The molecule has 124 valence electrons. The number of ether oxygens (including phenoxy) is 2. The zero-order valence-corrected chi connectivity index (χ0v) is 14.3. The Hall–Kier alpha value is -0.710. The molecule has 0 aromatic carbocycles. The molecule has 0 fully saturated rings. The monoisotopic (exact) mass is 318 g/mol. The molecule has 0 aliphatic carbocycles. The van der Waals surface area contributed by atoms with E-state index in [-0.39, 0.29) is 11.9 Å². The van der Waals surface area contributed by atoms with Gasteiger partial charge in [-0.2, -0.15) is 11.8 Å². The molecule has 0 saturated carbocycles. The van der Waals surface area contributed by atoms with Crippen molar-refractivity contribution in [3.8, 4) is 0 Å². The molecule has 0 heterocycles. The van der Waals surface area contributed by atoms with Crippen LogP contribution in [0.25, 0.3) is 0 Å². The summed E-state index contributed by atoms with van der Waals surface area (Å²) in [5.41, 5.74) is 0. The molecule has 0 bridgehead atoms. The Morgan fingerprint density at radius 3 is 2.00 bits per heavy atom. The quantitative estimate of drug-likeness (QED) is 0.358. The van der Waals surface area contributed by atoms with Crippen molar-refractivity contribution in [1.29, 1.82) is 0 Å². The van der Waals surface area contributed by atoms with Crippen LogP contribution in [-0.4, -0.2) is 36.7 Å².